The summed E-state index contributed by atoms with van der Waals surface area (Å²) in [5.74, 6) is 0. The third-order valence-electron chi connectivity index (χ3n) is 3.47. The molecule has 1 rings (SSSR count). The molecule has 0 aliphatic carbocycles. The summed E-state index contributed by atoms with van der Waals surface area (Å²) in [6.45, 7) is 13.3. The average molecular weight is 362 g/mol. The third-order valence-corrected chi connectivity index (χ3v) is 4.65. The molecule has 1 aromatic carbocycles. The number of nitrogens with zero attached hydrogens (tertiary/aromatic N) is 1. The first kappa shape index (κ1) is 19.8. The van der Waals surface area contributed by atoms with Gasteiger partial charge in [-0.3, -0.25) is 0 Å². The Morgan fingerprint density at radius 1 is 1.04 bits per heavy atom. The van der Waals surface area contributed by atoms with E-state index in [4.69, 9.17) is 10.7 Å². The van der Waals surface area contributed by atoms with Crippen LogP contribution in [-0.4, -0.2) is 19.6 Å². The van der Waals surface area contributed by atoms with Crippen LogP contribution in [0.3, 0.4) is 0 Å². The van der Waals surface area contributed by atoms with Gasteiger partial charge in [0.05, 0.1) is 5.69 Å². The number of rotatable bonds is 2. The molecule has 1 aromatic rings. The lowest BCUT2D eigenvalue weighted by Crippen LogP contribution is -2.37. The van der Waals surface area contributed by atoms with E-state index in [1.54, 1.807) is 0 Å². The van der Waals surface area contributed by atoms with Gasteiger partial charge in [0.25, 0.3) is 0 Å². The summed E-state index contributed by atoms with van der Waals surface area (Å²) in [5.41, 5.74) is 1.37. The van der Waals surface area contributed by atoms with Crippen molar-refractivity contribution < 1.29 is 18.3 Å². The lowest BCUT2D eigenvalue weighted by molar-refractivity contribution is 0.206. The Balaban J connectivity index is 4.04. The topological polar surface area (TPSA) is 74.7 Å². The highest BCUT2D eigenvalue weighted by atomic mass is 35.7. The van der Waals surface area contributed by atoms with Crippen molar-refractivity contribution in [3.63, 3.8) is 0 Å². The molecule has 0 saturated heterocycles. The van der Waals surface area contributed by atoms with Gasteiger partial charge in [-0.25, -0.2) is 4.79 Å². The molecule has 130 valence electrons. The molecule has 1 N–H and O–H groups in total. The van der Waals surface area contributed by atoms with Gasteiger partial charge < -0.3 is 5.11 Å². The fraction of sp³-hybridized carbons (Fsp3) is 0.562. The highest BCUT2D eigenvalue weighted by Crippen LogP contribution is 2.42. The molecule has 0 spiro atoms. The molecule has 0 aromatic heterocycles. The minimum Gasteiger partial charge on any atom is -0.464 e. The standard InChI is InChI=1S/C16H24ClNO4S/c1-10-8-11(15(2,3)4)13(12(9-10)16(5,6)7)18(14(19)20)23(17,21)22/h8-9H,1-7H3,(H,19,20). The average Bonchev–Trinajstić information content (AvgIpc) is 2.25. The molecule has 0 atom stereocenters. The van der Waals surface area contributed by atoms with E-state index in [1.165, 1.54) is 0 Å². The van der Waals surface area contributed by atoms with Crippen molar-refractivity contribution in [3.05, 3.63) is 28.8 Å². The second kappa shape index (κ2) is 5.98. The van der Waals surface area contributed by atoms with Gasteiger partial charge in [-0.05, 0) is 28.9 Å². The van der Waals surface area contributed by atoms with Crippen molar-refractivity contribution >= 4 is 31.7 Å². The number of halogens is 1. The Labute approximate surface area is 142 Å². The van der Waals surface area contributed by atoms with Crippen LogP contribution in [0, 0.1) is 6.92 Å². The van der Waals surface area contributed by atoms with Crippen LogP contribution in [0.4, 0.5) is 10.5 Å². The van der Waals surface area contributed by atoms with Crippen LogP contribution >= 0.6 is 10.7 Å². The van der Waals surface area contributed by atoms with E-state index < -0.39 is 26.2 Å². The molecule has 0 unspecified atom stereocenters. The van der Waals surface area contributed by atoms with E-state index in [1.807, 2.05) is 60.6 Å². The summed E-state index contributed by atoms with van der Waals surface area (Å²) >= 11 is 0. The zero-order valence-electron chi connectivity index (χ0n) is 14.6. The van der Waals surface area contributed by atoms with E-state index >= 15 is 0 Å². The maximum Gasteiger partial charge on any atom is 0.426 e. The number of amides is 1. The number of aryl methyl sites for hydroxylation is 1. The Bertz CT molecular complexity index is 692. The van der Waals surface area contributed by atoms with Gasteiger partial charge in [0.1, 0.15) is 0 Å². The molecule has 0 bridgehead atoms. The molecule has 5 nitrogen and oxygen atoms in total. The number of benzene rings is 1. The van der Waals surface area contributed by atoms with Gasteiger partial charge >= 0.3 is 15.3 Å². The monoisotopic (exact) mass is 361 g/mol. The third kappa shape index (κ3) is 4.38. The lowest BCUT2D eigenvalue weighted by atomic mass is 9.77. The van der Waals surface area contributed by atoms with E-state index in [0.29, 0.717) is 11.1 Å². The molecular weight excluding hydrogens is 338 g/mol. The molecule has 0 fully saturated rings. The SMILES string of the molecule is Cc1cc(C(C)(C)C)c(N(C(=O)O)S(=O)(=O)Cl)c(C(C)(C)C)c1. The zero-order chi connectivity index (χ0) is 18.4. The van der Waals surface area contributed by atoms with Crippen LogP contribution in [0.25, 0.3) is 0 Å². The van der Waals surface area contributed by atoms with Crippen molar-refractivity contribution in [2.24, 2.45) is 0 Å². The highest BCUT2D eigenvalue weighted by Gasteiger charge is 2.37. The van der Waals surface area contributed by atoms with Crippen LogP contribution in [0.5, 0.6) is 0 Å². The molecule has 0 heterocycles. The first-order valence-corrected chi connectivity index (χ1v) is 9.47. The molecule has 0 aliphatic rings. The summed E-state index contributed by atoms with van der Waals surface area (Å²) in [5, 5.41) is 9.47. The second-order valence-electron chi connectivity index (χ2n) is 7.70. The molecule has 7 heteroatoms. The zero-order valence-corrected chi connectivity index (χ0v) is 16.1. The van der Waals surface area contributed by atoms with E-state index in [2.05, 4.69) is 0 Å². The predicted molar refractivity (Wildman–Crippen MR) is 93.9 cm³/mol. The number of anilines is 1. The van der Waals surface area contributed by atoms with Gasteiger partial charge in [0, 0.05) is 10.7 Å². The van der Waals surface area contributed by atoms with Gasteiger partial charge in [-0.15, -0.1) is 0 Å². The van der Waals surface area contributed by atoms with Crippen molar-refractivity contribution in [1.29, 1.82) is 0 Å². The van der Waals surface area contributed by atoms with Gasteiger partial charge in [-0.2, -0.15) is 12.7 Å². The van der Waals surface area contributed by atoms with Crippen molar-refractivity contribution in [2.45, 2.75) is 59.3 Å². The van der Waals surface area contributed by atoms with Crippen LogP contribution in [0.1, 0.15) is 58.2 Å². The highest BCUT2D eigenvalue weighted by molar-refractivity contribution is 8.15. The Morgan fingerprint density at radius 2 is 1.39 bits per heavy atom. The Hall–Kier alpha value is -1.27. The summed E-state index contributed by atoms with van der Waals surface area (Å²) in [4.78, 5) is 11.7. The maximum atomic E-state index is 11.9. The number of hydrogen-bond donors (Lipinski definition) is 1. The van der Waals surface area contributed by atoms with Gasteiger partial charge in [-0.1, -0.05) is 59.2 Å². The van der Waals surface area contributed by atoms with Crippen LogP contribution in [0.2, 0.25) is 0 Å². The first-order valence-electron chi connectivity index (χ1n) is 7.20. The number of carbonyl (C=O) groups is 1. The van der Waals surface area contributed by atoms with Crippen molar-refractivity contribution in [2.75, 3.05) is 4.31 Å². The van der Waals surface area contributed by atoms with Crippen molar-refractivity contribution in [3.8, 4) is 0 Å². The van der Waals surface area contributed by atoms with Gasteiger partial charge in [0.15, 0.2) is 0 Å². The molecule has 0 radical (unpaired) electrons. The second-order valence-corrected chi connectivity index (χ2v) is 10.1. The van der Waals surface area contributed by atoms with Gasteiger partial charge in [0.2, 0.25) is 0 Å². The minimum absolute atomic E-state index is 0.123. The fourth-order valence-corrected chi connectivity index (χ4v) is 3.42. The van der Waals surface area contributed by atoms with Crippen LogP contribution < -0.4 is 4.31 Å². The molecule has 23 heavy (non-hydrogen) atoms. The van der Waals surface area contributed by atoms with Crippen LogP contribution in [-0.2, 0) is 20.1 Å². The van der Waals surface area contributed by atoms with E-state index in [-0.39, 0.29) is 9.99 Å². The number of carboxylic acid groups (broad SMARTS) is 1. The summed E-state index contributed by atoms with van der Waals surface area (Å²) < 4.78 is 24.1. The summed E-state index contributed by atoms with van der Waals surface area (Å²) in [6.07, 6.45) is -1.63. The molecule has 1 amide bonds. The lowest BCUT2D eigenvalue weighted by Gasteiger charge is -2.33. The molecule has 0 saturated carbocycles. The van der Waals surface area contributed by atoms with E-state index in [0.717, 1.165) is 5.56 Å². The minimum atomic E-state index is -4.49. The van der Waals surface area contributed by atoms with E-state index in [9.17, 15) is 18.3 Å². The largest absolute Gasteiger partial charge is 0.464 e. The quantitative estimate of drug-likeness (QED) is 0.783. The fourth-order valence-electron chi connectivity index (χ4n) is 2.44. The molecular formula is C16H24ClNO4S. The Morgan fingerprint density at radius 3 is 1.61 bits per heavy atom. The smallest absolute Gasteiger partial charge is 0.426 e. The van der Waals surface area contributed by atoms with Crippen molar-refractivity contribution in [1.82, 2.24) is 0 Å². The maximum absolute atomic E-state index is 11.9. The number of hydrogen-bond acceptors (Lipinski definition) is 3. The van der Waals surface area contributed by atoms with Crippen LogP contribution in [0.15, 0.2) is 12.1 Å². The summed E-state index contributed by atoms with van der Waals surface area (Å²) in [7, 11) is 0.940. The summed E-state index contributed by atoms with van der Waals surface area (Å²) in [6, 6.07) is 3.62. The Kier molecular flexibility index (Phi) is 5.14. The molecule has 0 aliphatic heterocycles. The first-order chi connectivity index (χ1) is 10.1. The predicted octanol–water partition coefficient (Wildman–Crippen LogP) is 4.56. The normalized spacial score (nSPS) is 13.0.